The SMILES string of the molecule is COc1ccc(-c2cc(Cl)cc(Cl)c2)c(CNC(C)C)c1. The lowest BCUT2D eigenvalue weighted by Crippen LogP contribution is -2.22. The summed E-state index contributed by atoms with van der Waals surface area (Å²) in [7, 11) is 1.67. The van der Waals surface area contributed by atoms with Crippen LogP contribution in [0.3, 0.4) is 0 Å². The molecule has 1 N–H and O–H groups in total. The van der Waals surface area contributed by atoms with Gasteiger partial charge in [0.25, 0.3) is 0 Å². The predicted octanol–water partition coefficient (Wildman–Crippen LogP) is 5.17. The smallest absolute Gasteiger partial charge is 0.119 e. The minimum Gasteiger partial charge on any atom is -0.497 e. The molecule has 0 heterocycles. The summed E-state index contributed by atoms with van der Waals surface area (Å²) < 4.78 is 5.32. The molecule has 0 aromatic heterocycles. The second-order valence-electron chi connectivity index (χ2n) is 5.22. The molecule has 0 amide bonds. The Morgan fingerprint density at radius 2 is 1.71 bits per heavy atom. The highest BCUT2D eigenvalue weighted by Gasteiger charge is 2.09. The van der Waals surface area contributed by atoms with Gasteiger partial charge in [-0.05, 0) is 47.0 Å². The summed E-state index contributed by atoms with van der Waals surface area (Å²) in [5.74, 6) is 0.840. The highest BCUT2D eigenvalue weighted by Crippen LogP contribution is 2.31. The number of benzene rings is 2. The van der Waals surface area contributed by atoms with Crippen molar-refractivity contribution in [1.29, 1.82) is 0 Å². The molecule has 2 aromatic carbocycles. The summed E-state index contributed by atoms with van der Waals surface area (Å²) in [6.07, 6.45) is 0. The molecule has 2 rings (SSSR count). The Hall–Kier alpha value is -1.22. The van der Waals surface area contributed by atoms with Crippen LogP contribution >= 0.6 is 23.2 Å². The van der Waals surface area contributed by atoms with E-state index in [0.29, 0.717) is 16.1 Å². The van der Waals surface area contributed by atoms with Gasteiger partial charge in [-0.15, -0.1) is 0 Å². The van der Waals surface area contributed by atoms with Crippen molar-refractivity contribution in [2.45, 2.75) is 26.4 Å². The highest BCUT2D eigenvalue weighted by molar-refractivity contribution is 6.35. The monoisotopic (exact) mass is 323 g/mol. The van der Waals surface area contributed by atoms with E-state index in [1.165, 1.54) is 0 Å². The molecule has 21 heavy (non-hydrogen) atoms. The zero-order valence-electron chi connectivity index (χ0n) is 12.4. The van der Waals surface area contributed by atoms with Gasteiger partial charge in [-0.25, -0.2) is 0 Å². The summed E-state index contributed by atoms with van der Waals surface area (Å²) >= 11 is 12.2. The van der Waals surface area contributed by atoms with E-state index in [2.05, 4.69) is 19.2 Å². The van der Waals surface area contributed by atoms with Crippen molar-refractivity contribution < 1.29 is 4.74 Å². The van der Waals surface area contributed by atoms with Crippen LogP contribution in [0, 0.1) is 0 Å². The second kappa shape index (κ2) is 7.17. The fourth-order valence-corrected chi connectivity index (χ4v) is 2.67. The zero-order valence-corrected chi connectivity index (χ0v) is 13.9. The first-order valence-electron chi connectivity index (χ1n) is 6.86. The summed E-state index contributed by atoms with van der Waals surface area (Å²) in [5, 5.41) is 4.70. The zero-order chi connectivity index (χ0) is 15.4. The maximum absolute atomic E-state index is 6.11. The number of nitrogens with one attached hydrogen (secondary N) is 1. The molecule has 0 fully saturated rings. The fraction of sp³-hybridized carbons (Fsp3) is 0.294. The third-order valence-electron chi connectivity index (χ3n) is 3.19. The van der Waals surface area contributed by atoms with Crippen LogP contribution in [-0.4, -0.2) is 13.2 Å². The lowest BCUT2D eigenvalue weighted by molar-refractivity contribution is 0.414. The molecule has 0 aliphatic heterocycles. The van der Waals surface area contributed by atoms with Crippen molar-refractivity contribution in [1.82, 2.24) is 5.32 Å². The van der Waals surface area contributed by atoms with Crippen molar-refractivity contribution in [2.75, 3.05) is 7.11 Å². The van der Waals surface area contributed by atoms with E-state index in [-0.39, 0.29) is 0 Å². The summed E-state index contributed by atoms with van der Waals surface area (Å²) in [5.41, 5.74) is 3.27. The standard InChI is InChI=1S/C17H19Cl2NO/c1-11(2)20-10-13-8-16(21-3)4-5-17(13)12-6-14(18)9-15(19)7-12/h4-9,11,20H,10H2,1-3H3. The Bertz CT molecular complexity index is 606. The number of rotatable bonds is 5. The number of ether oxygens (including phenoxy) is 1. The molecule has 2 nitrogen and oxygen atoms in total. The average molecular weight is 324 g/mol. The van der Waals surface area contributed by atoms with Gasteiger partial charge in [-0.3, -0.25) is 0 Å². The molecule has 112 valence electrons. The molecule has 0 unspecified atom stereocenters. The van der Waals surface area contributed by atoms with E-state index in [0.717, 1.165) is 29.0 Å². The molecule has 0 bridgehead atoms. The maximum Gasteiger partial charge on any atom is 0.119 e. The van der Waals surface area contributed by atoms with Gasteiger partial charge < -0.3 is 10.1 Å². The van der Waals surface area contributed by atoms with Crippen molar-refractivity contribution in [3.8, 4) is 16.9 Å². The first kappa shape index (κ1) is 16.2. The van der Waals surface area contributed by atoms with Crippen LogP contribution in [0.25, 0.3) is 11.1 Å². The molecule has 0 aliphatic carbocycles. The highest BCUT2D eigenvalue weighted by atomic mass is 35.5. The molecule has 0 aliphatic rings. The number of hydrogen-bond donors (Lipinski definition) is 1. The quantitative estimate of drug-likeness (QED) is 0.819. The normalized spacial score (nSPS) is 11.0. The minimum absolute atomic E-state index is 0.409. The van der Waals surface area contributed by atoms with E-state index in [4.69, 9.17) is 27.9 Å². The Kier molecular flexibility index (Phi) is 5.51. The summed E-state index contributed by atoms with van der Waals surface area (Å²) in [6.45, 7) is 5.00. The third-order valence-corrected chi connectivity index (χ3v) is 3.62. The van der Waals surface area contributed by atoms with Gasteiger partial charge in [-0.1, -0.05) is 43.1 Å². The Balaban J connectivity index is 2.45. The first-order chi connectivity index (χ1) is 9.99. The van der Waals surface area contributed by atoms with E-state index in [1.807, 2.05) is 30.3 Å². The van der Waals surface area contributed by atoms with Gasteiger partial charge >= 0.3 is 0 Å². The van der Waals surface area contributed by atoms with Crippen LogP contribution in [0.15, 0.2) is 36.4 Å². The predicted molar refractivity (Wildman–Crippen MR) is 90.4 cm³/mol. The minimum atomic E-state index is 0.409. The lowest BCUT2D eigenvalue weighted by atomic mass is 9.99. The van der Waals surface area contributed by atoms with Crippen LogP contribution in [0.2, 0.25) is 10.0 Å². The van der Waals surface area contributed by atoms with Gasteiger partial charge in [0.2, 0.25) is 0 Å². The maximum atomic E-state index is 6.11. The van der Waals surface area contributed by atoms with E-state index in [1.54, 1.807) is 13.2 Å². The Labute approximate surface area is 136 Å². The summed E-state index contributed by atoms with van der Waals surface area (Å²) in [4.78, 5) is 0. The van der Waals surface area contributed by atoms with Gasteiger partial charge in [0.15, 0.2) is 0 Å². The van der Waals surface area contributed by atoms with Crippen LogP contribution in [-0.2, 0) is 6.54 Å². The van der Waals surface area contributed by atoms with Crippen molar-refractivity contribution in [3.63, 3.8) is 0 Å². The molecule has 0 radical (unpaired) electrons. The molecule has 0 saturated heterocycles. The van der Waals surface area contributed by atoms with E-state index >= 15 is 0 Å². The lowest BCUT2D eigenvalue weighted by Gasteiger charge is -2.15. The van der Waals surface area contributed by atoms with Crippen molar-refractivity contribution in [3.05, 3.63) is 52.0 Å². The molecule has 4 heteroatoms. The van der Waals surface area contributed by atoms with Crippen LogP contribution in [0.5, 0.6) is 5.75 Å². The van der Waals surface area contributed by atoms with E-state index < -0.39 is 0 Å². The fourth-order valence-electron chi connectivity index (χ4n) is 2.15. The Morgan fingerprint density at radius 1 is 1.05 bits per heavy atom. The topological polar surface area (TPSA) is 21.3 Å². The van der Waals surface area contributed by atoms with Gasteiger partial charge in [0.1, 0.15) is 5.75 Å². The Morgan fingerprint density at radius 3 is 2.29 bits per heavy atom. The van der Waals surface area contributed by atoms with Crippen LogP contribution in [0.4, 0.5) is 0 Å². The molecular formula is C17H19Cl2NO. The second-order valence-corrected chi connectivity index (χ2v) is 6.09. The third kappa shape index (κ3) is 4.37. The van der Waals surface area contributed by atoms with Crippen molar-refractivity contribution in [2.24, 2.45) is 0 Å². The van der Waals surface area contributed by atoms with Crippen LogP contribution < -0.4 is 10.1 Å². The van der Waals surface area contributed by atoms with Crippen molar-refractivity contribution >= 4 is 23.2 Å². The molecule has 0 atom stereocenters. The van der Waals surface area contributed by atoms with Gasteiger partial charge in [0.05, 0.1) is 7.11 Å². The number of halogens is 2. The number of methoxy groups -OCH3 is 1. The average Bonchev–Trinajstić information content (AvgIpc) is 2.43. The largest absolute Gasteiger partial charge is 0.497 e. The summed E-state index contributed by atoms with van der Waals surface area (Å²) in [6, 6.07) is 12.0. The first-order valence-corrected chi connectivity index (χ1v) is 7.62. The van der Waals surface area contributed by atoms with Crippen LogP contribution in [0.1, 0.15) is 19.4 Å². The molecule has 2 aromatic rings. The molecule has 0 saturated carbocycles. The molecular weight excluding hydrogens is 305 g/mol. The number of hydrogen-bond acceptors (Lipinski definition) is 2. The van der Waals surface area contributed by atoms with Gasteiger partial charge in [-0.2, -0.15) is 0 Å². The molecule has 0 spiro atoms. The van der Waals surface area contributed by atoms with Gasteiger partial charge in [0, 0.05) is 22.6 Å². The van der Waals surface area contributed by atoms with E-state index in [9.17, 15) is 0 Å².